The second-order valence-corrected chi connectivity index (χ2v) is 6.08. The summed E-state index contributed by atoms with van der Waals surface area (Å²) in [5, 5.41) is 4.47. The van der Waals surface area contributed by atoms with E-state index in [-0.39, 0.29) is 5.91 Å². The minimum Gasteiger partial charge on any atom is -0.341 e. The van der Waals surface area contributed by atoms with E-state index in [4.69, 9.17) is 23.2 Å². The Morgan fingerprint density at radius 2 is 2.25 bits per heavy atom. The van der Waals surface area contributed by atoms with Crippen molar-refractivity contribution in [2.45, 2.75) is 38.3 Å². The van der Waals surface area contributed by atoms with Gasteiger partial charge in [-0.3, -0.25) is 4.79 Å². The molecular weight excluding hydrogens is 295 g/mol. The van der Waals surface area contributed by atoms with Crippen LogP contribution >= 0.6 is 23.2 Å². The number of nitrogens with zero attached hydrogens (tertiary/aromatic N) is 1. The first kappa shape index (κ1) is 15.6. The zero-order valence-electron chi connectivity index (χ0n) is 11.7. The van der Waals surface area contributed by atoms with Gasteiger partial charge in [0.1, 0.15) is 0 Å². The molecule has 110 valence electrons. The smallest absolute Gasteiger partial charge is 0.222 e. The molecule has 5 heteroatoms. The lowest BCUT2D eigenvalue weighted by Gasteiger charge is -2.19. The average Bonchev–Trinajstić information content (AvgIpc) is 2.94. The molecule has 1 saturated heterocycles. The normalized spacial score (nSPS) is 18.2. The predicted octanol–water partition coefficient (Wildman–Crippen LogP) is 3.48. The Hall–Kier alpha value is -0.770. The third-order valence-electron chi connectivity index (χ3n) is 3.73. The van der Waals surface area contributed by atoms with Crippen molar-refractivity contribution in [1.82, 2.24) is 10.2 Å². The molecule has 0 saturated carbocycles. The molecule has 1 fully saturated rings. The topological polar surface area (TPSA) is 32.3 Å². The zero-order chi connectivity index (χ0) is 14.5. The first-order valence-corrected chi connectivity index (χ1v) is 7.73. The molecule has 1 aliphatic heterocycles. The fourth-order valence-electron chi connectivity index (χ4n) is 2.51. The van der Waals surface area contributed by atoms with Gasteiger partial charge in [0.05, 0.1) is 10.0 Å². The molecule has 0 radical (unpaired) electrons. The number of nitrogens with one attached hydrogen (secondary N) is 1. The maximum Gasteiger partial charge on any atom is 0.222 e. The second kappa shape index (κ2) is 7.30. The van der Waals surface area contributed by atoms with Crippen LogP contribution in [0.5, 0.6) is 0 Å². The number of carbonyl (C=O) groups is 1. The highest BCUT2D eigenvalue weighted by Gasteiger charge is 2.17. The summed E-state index contributed by atoms with van der Waals surface area (Å²) in [4.78, 5) is 13.8. The van der Waals surface area contributed by atoms with Gasteiger partial charge in [-0.25, -0.2) is 0 Å². The third kappa shape index (κ3) is 4.11. The lowest BCUT2D eigenvalue weighted by atomic mass is 10.1. The SMILES string of the molecule is CN(Cc1cccc(Cl)c1Cl)C(=O)CCC1CCCN1. The predicted molar refractivity (Wildman–Crippen MR) is 83.2 cm³/mol. The van der Waals surface area contributed by atoms with E-state index >= 15 is 0 Å². The molecule has 3 nitrogen and oxygen atoms in total. The Labute approximate surface area is 130 Å². The van der Waals surface area contributed by atoms with E-state index in [1.54, 1.807) is 11.0 Å². The fourth-order valence-corrected chi connectivity index (χ4v) is 2.89. The first-order chi connectivity index (χ1) is 9.58. The van der Waals surface area contributed by atoms with Crippen LogP contribution in [0, 0.1) is 0 Å². The van der Waals surface area contributed by atoms with Crippen LogP contribution in [0.25, 0.3) is 0 Å². The highest BCUT2D eigenvalue weighted by atomic mass is 35.5. The van der Waals surface area contributed by atoms with Crippen LogP contribution in [0.2, 0.25) is 10.0 Å². The van der Waals surface area contributed by atoms with Crippen LogP contribution < -0.4 is 5.32 Å². The molecule has 1 aliphatic rings. The molecule has 1 aromatic carbocycles. The molecule has 1 unspecified atom stereocenters. The molecule has 0 spiro atoms. The fraction of sp³-hybridized carbons (Fsp3) is 0.533. The maximum atomic E-state index is 12.1. The van der Waals surface area contributed by atoms with Crippen molar-refractivity contribution in [3.8, 4) is 0 Å². The standard InChI is InChI=1S/C15H20Cl2N2O/c1-19(10-11-4-2-6-13(16)15(11)17)14(20)8-7-12-5-3-9-18-12/h2,4,6,12,18H,3,5,7-10H2,1H3. The number of benzene rings is 1. The highest BCUT2D eigenvalue weighted by Crippen LogP contribution is 2.26. The number of amides is 1. The average molecular weight is 315 g/mol. The first-order valence-electron chi connectivity index (χ1n) is 6.98. The van der Waals surface area contributed by atoms with Crippen molar-refractivity contribution >= 4 is 29.1 Å². The van der Waals surface area contributed by atoms with Gasteiger partial charge in [0, 0.05) is 26.1 Å². The molecule has 1 aromatic rings. The van der Waals surface area contributed by atoms with Crippen molar-refractivity contribution in [3.05, 3.63) is 33.8 Å². The van der Waals surface area contributed by atoms with Crippen LogP contribution in [-0.4, -0.2) is 30.4 Å². The van der Waals surface area contributed by atoms with Crippen LogP contribution in [0.1, 0.15) is 31.2 Å². The molecule has 1 N–H and O–H groups in total. The summed E-state index contributed by atoms with van der Waals surface area (Å²) in [6, 6.07) is 6.00. The molecule has 1 amide bonds. The van der Waals surface area contributed by atoms with Crippen LogP contribution in [0.4, 0.5) is 0 Å². The van der Waals surface area contributed by atoms with Crippen LogP contribution in [0.15, 0.2) is 18.2 Å². The second-order valence-electron chi connectivity index (χ2n) is 5.29. The summed E-state index contributed by atoms with van der Waals surface area (Å²) in [5.74, 6) is 0.148. The summed E-state index contributed by atoms with van der Waals surface area (Å²) in [7, 11) is 1.81. The van der Waals surface area contributed by atoms with Crippen LogP contribution in [-0.2, 0) is 11.3 Å². The molecule has 2 rings (SSSR count). The number of hydrogen-bond acceptors (Lipinski definition) is 2. The summed E-state index contributed by atoms with van der Waals surface area (Å²) >= 11 is 12.1. The largest absolute Gasteiger partial charge is 0.341 e. The summed E-state index contributed by atoms with van der Waals surface area (Å²) in [6.07, 6.45) is 3.88. The zero-order valence-corrected chi connectivity index (χ0v) is 13.2. The van der Waals surface area contributed by atoms with Gasteiger partial charge < -0.3 is 10.2 Å². The van der Waals surface area contributed by atoms with Crippen LogP contribution in [0.3, 0.4) is 0 Å². The Morgan fingerprint density at radius 3 is 2.95 bits per heavy atom. The van der Waals surface area contributed by atoms with Gasteiger partial charge in [0.25, 0.3) is 0 Å². The van der Waals surface area contributed by atoms with Crippen molar-refractivity contribution < 1.29 is 4.79 Å². The summed E-state index contributed by atoms with van der Waals surface area (Å²) < 4.78 is 0. The van der Waals surface area contributed by atoms with Crippen molar-refractivity contribution in [2.24, 2.45) is 0 Å². The number of halogens is 2. The highest BCUT2D eigenvalue weighted by molar-refractivity contribution is 6.42. The third-order valence-corrected chi connectivity index (χ3v) is 4.59. The van der Waals surface area contributed by atoms with E-state index in [1.807, 2.05) is 19.2 Å². The van der Waals surface area contributed by atoms with Crippen molar-refractivity contribution in [1.29, 1.82) is 0 Å². The van der Waals surface area contributed by atoms with Gasteiger partial charge in [-0.05, 0) is 37.4 Å². The molecular formula is C15H20Cl2N2O. The number of hydrogen-bond donors (Lipinski definition) is 1. The molecule has 1 heterocycles. The van der Waals surface area contributed by atoms with Gasteiger partial charge in [0.2, 0.25) is 5.91 Å². The van der Waals surface area contributed by atoms with Crippen molar-refractivity contribution in [3.63, 3.8) is 0 Å². The summed E-state index contributed by atoms with van der Waals surface area (Å²) in [5.41, 5.74) is 0.883. The van der Waals surface area contributed by atoms with Gasteiger partial charge in [0.15, 0.2) is 0 Å². The monoisotopic (exact) mass is 314 g/mol. The van der Waals surface area contributed by atoms with Gasteiger partial charge in [-0.2, -0.15) is 0 Å². The van der Waals surface area contributed by atoms with E-state index in [0.717, 1.165) is 18.5 Å². The van der Waals surface area contributed by atoms with E-state index in [0.29, 0.717) is 29.1 Å². The lowest BCUT2D eigenvalue weighted by molar-refractivity contribution is -0.130. The minimum absolute atomic E-state index is 0.148. The van der Waals surface area contributed by atoms with E-state index in [2.05, 4.69) is 5.32 Å². The van der Waals surface area contributed by atoms with E-state index < -0.39 is 0 Å². The maximum absolute atomic E-state index is 12.1. The molecule has 0 bridgehead atoms. The quantitative estimate of drug-likeness (QED) is 0.902. The van der Waals surface area contributed by atoms with Gasteiger partial charge in [-0.1, -0.05) is 35.3 Å². The Bertz CT molecular complexity index is 473. The van der Waals surface area contributed by atoms with Gasteiger partial charge >= 0.3 is 0 Å². The lowest BCUT2D eigenvalue weighted by Crippen LogP contribution is -2.29. The molecule has 1 atom stereocenters. The molecule has 20 heavy (non-hydrogen) atoms. The summed E-state index contributed by atoms with van der Waals surface area (Å²) in [6.45, 7) is 1.57. The van der Waals surface area contributed by atoms with Gasteiger partial charge in [-0.15, -0.1) is 0 Å². The molecule has 0 aliphatic carbocycles. The number of rotatable bonds is 5. The van der Waals surface area contributed by atoms with Crippen molar-refractivity contribution in [2.75, 3.05) is 13.6 Å². The van der Waals surface area contributed by atoms with E-state index in [9.17, 15) is 4.79 Å². The Balaban J connectivity index is 1.85. The number of carbonyl (C=O) groups excluding carboxylic acids is 1. The molecule has 0 aromatic heterocycles. The van der Waals surface area contributed by atoms with E-state index in [1.165, 1.54) is 12.8 Å². The Kier molecular flexibility index (Phi) is 5.70. The Morgan fingerprint density at radius 1 is 1.45 bits per heavy atom. The minimum atomic E-state index is 0.148.